The van der Waals surface area contributed by atoms with E-state index < -0.39 is 0 Å². The van der Waals surface area contributed by atoms with Crippen molar-refractivity contribution < 1.29 is 4.79 Å². The van der Waals surface area contributed by atoms with Crippen LogP contribution in [-0.4, -0.2) is 45.5 Å². The molecule has 2 aromatic rings. The van der Waals surface area contributed by atoms with Crippen LogP contribution in [0.2, 0.25) is 0 Å². The van der Waals surface area contributed by atoms with Gasteiger partial charge in [0.15, 0.2) is 0 Å². The Hall–Kier alpha value is -3.14. The fourth-order valence-corrected chi connectivity index (χ4v) is 2.56. The van der Waals surface area contributed by atoms with Crippen molar-refractivity contribution >= 4 is 24.0 Å². The molecule has 29 heavy (non-hydrogen) atoms. The predicted molar refractivity (Wildman–Crippen MR) is 122 cm³/mol. The Balaban J connectivity index is 1.90. The molecule has 0 bridgehead atoms. The molecular weight excluding hydrogens is 362 g/mol. The molecule has 0 heterocycles. The molecular formula is C23H29N5O. The molecule has 1 amide bonds. The van der Waals surface area contributed by atoms with E-state index >= 15 is 0 Å². The standard InChI is InChI=1S/C23H29N5O/c1-4-15-26-17-23(29)28-21-13-9-19(10-14-21)6-5-18-7-11-20(12-8-18)27-22(25-3)16-24-2/h7-14,22,24,26-27H,3-4,15-17H2,1-2H3,(H,28,29). The number of hydrogen-bond donors (Lipinski definition) is 4. The second kappa shape index (κ2) is 12.3. The topological polar surface area (TPSA) is 77.6 Å². The molecule has 2 rings (SSSR count). The van der Waals surface area contributed by atoms with Crippen LogP contribution in [0.1, 0.15) is 24.5 Å². The number of nitrogens with zero attached hydrogens (tertiary/aromatic N) is 1. The quantitative estimate of drug-likeness (QED) is 0.285. The largest absolute Gasteiger partial charge is 0.363 e. The van der Waals surface area contributed by atoms with Crippen LogP contribution < -0.4 is 21.3 Å². The molecule has 0 fully saturated rings. The first-order valence-corrected chi connectivity index (χ1v) is 9.74. The van der Waals surface area contributed by atoms with E-state index in [9.17, 15) is 4.79 Å². The highest BCUT2D eigenvalue weighted by molar-refractivity contribution is 5.92. The molecule has 0 radical (unpaired) electrons. The summed E-state index contributed by atoms with van der Waals surface area (Å²) in [5.74, 6) is 6.25. The highest BCUT2D eigenvalue weighted by Crippen LogP contribution is 2.12. The van der Waals surface area contributed by atoms with E-state index in [0.29, 0.717) is 13.1 Å². The molecule has 0 aliphatic rings. The third-order valence-electron chi connectivity index (χ3n) is 4.07. The molecule has 6 nitrogen and oxygen atoms in total. The van der Waals surface area contributed by atoms with Crippen LogP contribution in [0.3, 0.4) is 0 Å². The van der Waals surface area contributed by atoms with Gasteiger partial charge in [0.05, 0.1) is 6.54 Å². The molecule has 4 N–H and O–H groups in total. The number of rotatable bonds is 10. The average molecular weight is 392 g/mol. The molecule has 1 atom stereocenters. The van der Waals surface area contributed by atoms with E-state index in [4.69, 9.17) is 0 Å². The van der Waals surface area contributed by atoms with Gasteiger partial charge in [-0.15, -0.1) is 0 Å². The lowest BCUT2D eigenvalue weighted by atomic mass is 10.1. The number of carbonyl (C=O) groups is 1. The maximum atomic E-state index is 11.8. The maximum Gasteiger partial charge on any atom is 0.238 e. The van der Waals surface area contributed by atoms with E-state index in [1.54, 1.807) is 0 Å². The molecule has 152 valence electrons. The summed E-state index contributed by atoms with van der Waals surface area (Å²) in [4.78, 5) is 15.8. The third kappa shape index (κ3) is 8.18. The minimum atomic E-state index is -0.0710. The van der Waals surface area contributed by atoms with Crippen LogP contribution in [0.15, 0.2) is 53.5 Å². The first-order chi connectivity index (χ1) is 14.1. The highest BCUT2D eigenvalue weighted by Gasteiger charge is 2.03. The van der Waals surface area contributed by atoms with E-state index in [2.05, 4.69) is 51.7 Å². The Morgan fingerprint density at radius 3 is 2.14 bits per heavy atom. The minimum Gasteiger partial charge on any atom is -0.363 e. The van der Waals surface area contributed by atoms with Crippen molar-refractivity contribution in [3.05, 3.63) is 59.7 Å². The number of hydrogen-bond acceptors (Lipinski definition) is 5. The predicted octanol–water partition coefficient (Wildman–Crippen LogP) is 2.68. The van der Waals surface area contributed by atoms with E-state index in [1.807, 2.05) is 55.6 Å². The zero-order valence-corrected chi connectivity index (χ0v) is 17.1. The molecule has 0 spiro atoms. The number of carbonyl (C=O) groups excluding carboxylic acids is 1. The Morgan fingerprint density at radius 2 is 1.62 bits per heavy atom. The normalized spacial score (nSPS) is 11.1. The summed E-state index contributed by atoms with van der Waals surface area (Å²) in [5.41, 5.74) is 3.55. The lowest BCUT2D eigenvalue weighted by molar-refractivity contribution is -0.115. The number of benzene rings is 2. The summed E-state index contributed by atoms with van der Waals surface area (Å²) in [6.07, 6.45) is 0.932. The van der Waals surface area contributed by atoms with Gasteiger partial charge in [-0.3, -0.25) is 9.79 Å². The number of likely N-dealkylation sites (N-methyl/N-ethyl adjacent to an activating group) is 1. The van der Waals surface area contributed by atoms with Crippen LogP contribution in [0.25, 0.3) is 0 Å². The van der Waals surface area contributed by atoms with Gasteiger partial charge in [-0.1, -0.05) is 18.8 Å². The van der Waals surface area contributed by atoms with E-state index in [-0.39, 0.29) is 12.1 Å². The zero-order chi connectivity index (χ0) is 20.9. The summed E-state index contributed by atoms with van der Waals surface area (Å²) in [7, 11) is 1.88. The van der Waals surface area contributed by atoms with Crippen molar-refractivity contribution in [3.8, 4) is 11.8 Å². The molecule has 6 heteroatoms. The van der Waals surface area contributed by atoms with Gasteiger partial charge in [-0.05, 0) is 75.3 Å². The fourth-order valence-electron chi connectivity index (χ4n) is 2.56. The Morgan fingerprint density at radius 1 is 1.03 bits per heavy atom. The van der Waals surface area contributed by atoms with Gasteiger partial charge in [0, 0.05) is 29.0 Å². The summed E-state index contributed by atoms with van der Waals surface area (Å²) < 4.78 is 0. The molecule has 0 aliphatic carbocycles. The minimum absolute atomic E-state index is 0.0467. The van der Waals surface area contributed by atoms with E-state index in [0.717, 1.165) is 35.5 Å². The average Bonchev–Trinajstić information content (AvgIpc) is 2.74. The molecule has 0 aromatic heterocycles. The maximum absolute atomic E-state index is 11.8. The second-order valence-corrected chi connectivity index (χ2v) is 6.53. The van der Waals surface area contributed by atoms with Crippen LogP contribution in [-0.2, 0) is 4.79 Å². The number of nitrogens with one attached hydrogen (secondary N) is 4. The molecule has 0 saturated carbocycles. The van der Waals surface area contributed by atoms with Crippen LogP contribution in [0.5, 0.6) is 0 Å². The van der Waals surface area contributed by atoms with Crippen LogP contribution in [0, 0.1) is 11.8 Å². The van der Waals surface area contributed by atoms with Crippen molar-refractivity contribution in [2.75, 3.05) is 37.3 Å². The van der Waals surface area contributed by atoms with Gasteiger partial charge in [0.25, 0.3) is 0 Å². The van der Waals surface area contributed by atoms with Gasteiger partial charge in [0.1, 0.15) is 6.17 Å². The van der Waals surface area contributed by atoms with Gasteiger partial charge in [0.2, 0.25) is 5.91 Å². The fraction of sp³-hybridized carbons (Fsp3) is 0.304. The smallest absolute Gasteiger partial charge is 0.238 e. The summed E-state index contributed by atoms with van der Waals surface area (Å²) in [6, 6.07) is 15.4. The lowest BCUT2D eigenvalue weighted by Gasteiger charge is -2.14. The second-order valence-electron chi connectivity index (χ2n) is 6.53. The first kappa shape index (κ1) is 22.2. The van der Waals surface area contributed by atoms with E-state index in [1.165, 1.54) is 0 Å². The summed E-state index contributed by atoms with van der Waals surface area (Å²) in [5, 5.41) is 12.3. The zero-order valence-electron chi connectivity index (χ0n) is 17.1. The number of anilines is 2. The Kier molecular flexibility index (Phi) is 9.43. The van der Waals surface area contributed by atoms with Gasteiger partial charge >= 0.3 is 0 Å². The van der Waals surface area contributed by atoms with Crippen LogP contribution >= 0.6 is 0 Å². The summed E-state index contributed by atoms with van der Waals surface area (Å²) in [6.45, 7) is 7.52. The Labute approximate surface area is 173 Å². The number of amides is 1. The van der Waals surface area contributed by atoms with Gasteiger partial charge < -0.3 is 21.3 Å². The van der Waals surface area contributed by atoms with Gasteiger partial charge in [-0.2, -0.15) is 0 Å². The highest BCUT2D eigenvalue weighted by atomic mass is 16.1. The Bertz CT molecular complexity index is 834. The van der Waals surface area contributed by atoms with Crippen molar-refractivity contribution in [1.29, 1.82) is 0 Å². The number of aliphatic imine (C=N–C) groups is 1. The van der Waals surface area contributed by atoms with Crippen molar-refractivity contribution in [2.24, 2.45) is 4.99 Å². The van der Waals surface area contributed by atoms with Gasteiger partial charge in [-0.25, -0.2) is 0 Å². The molecule has 0 saturated heterocycles. The van der Waals surface area contributed by atoms with Crippen molar-refractivity contribution in [3.63, 3.8) is 0 Å². The molecule has 0 aliphatic heterocycles. The van der Waals surface area contributed by atoms with Crippen molar-refractivity contribution in [1.82, 2.24) is 10.6 Å². The lowest BCUT2D eigenvalue weighted by Crippen LogP contribution is -2.28. The molecule has 2 aromatic carbocycles. The first-order valence-electron chi connectivity index (χ1n) is 9.74. The SMILES string of the molecule is C=NC(CNC)Nc1ccc(C#Cc2ccc(NC(=O)CNCCC)cc2)cc1. The monoisotopic (exact) mass is 391 g/mol. The third-order valence-corrected chi connectivity index (χ3v) is 4.07. The summed E-state index contributed by atoms with van der Waals surface area (Å²) >= 11 is 0. The van der Waals surface area contributed by atoms with Crippen LogP contribution in [0.4, 0.5) is 11.4 Å². The van der Waals surface area contributed by atoms with Crippen molar-refractivity contribution in [2.45, 2.75) is 19.5 Å². The molecule has 1 unspecified atom stereocenters.